The van der Waals surface area contributed by atoms with Crippen molar-refractivity contribution in [1.29, 1.82) is 0 Å². The van der Waals surface area contributed by atoms with Gasteiger partial charge in [0.1, 0.15) is 16.9 Å². The fourth-order valence-corrected chi connectivity index (χ4v) is 3.32. The molecule has 150 valence electrons. The molecule has 1 atom stereocenters. The van der Waals surface area contributed by atoms with Gasteiger partial charge in [-0.25, -0.2) is 9.18 Å². The van der Waals surface area contributed by atoms with E-state index in [1.807, 2.05) is 44.2 Å². The summed E-state index contributed by atoms with van der Waals surface area (Å²) in [6, 6.07) is 13.6. The maximum atomic E-state index is 13.3. The highest BCUT2D eigenvalue weighted by Gasteiger charge is 2.25. The van der Waals surface area contributed by atoms with Crippen LogP contribution in [0.25, 0.3) is 10.6 Å². The minimum Gasteiger partial charge on any atom is -0.326 e. The van der Waals surface area contributed by atoms with Gasteiger partial charge in [0.15, 0.2) is 0 Å². The number of carbonyl (C=O) groups is 2. The number of benzene rings is 2. The molecule has 3 rings (SSSR count). The SMILES string of the molecule is CC(C)C(NC(=O)Nc1cccc(F)c1)C(=O)Nc1nnc(-c2ccccc2)s1. The molecule has 9 heteroatoms. The Labute approximate surface area is 171 Å². The Morgan fingerprint density at radius 1 is 1.00 bits per heavy atom. The predicted octanol–water partition coefficient (Wildman–Crippen LogP) is 4.13. The summed E-state index contributed by atoms with van der Waals surface area (Å²) in [5.74, 6) is -1.06. The largest absolute Gasteiger partial charge is 0.326 e. The second kappa shape index (κ2) is 9.24. The van der Waals surface area contributed by atoms with Crippen LogP contribution >= 0.6 is 11.3 Å². The fraction of sp³-hybridized carbons (Fsp3) is 0.200. The smallest absolute Gasteiger partial charge is 0.319 e. The van der Waals surface area contributed by atoms with Gasteiger partial charge in [0, 0.05) is 11.3 Å². The van der Waals surface area contributed by atoms with Crippen LogP contribution < -0.4 is 16.0 Å². The zero-order valence-corrected chi connectivity index (χ0v) is 16.7. The van der Waals surface area contributed by atoms with E-state index in [4.69, 9.17) is 0 Å². The molecule has 0 aliphatic carbocycles. The highest BCUT2D eigenvalue weighted by molar-refractivity contribution is 7.18. The average molecular weight is 413 g/mol. The molecule has 0 radical (unpaired) electrons. The molecular weight excluding hydrogens is 393 g/mol. The first-order valence-corrected chi connectivity index (χ1v) is 9.77. The van der Waals surface area contributed by atoms with Gasteiger partial charge < -0.3 is 10.6 Å². The molecule has 0 saturated heterocycles. The zero-order chi connectivity index (χ0) is 20.8. The van der Waals surface area contributed by atoms with Crippen molar-refractivity contribution in [3.8, 4) is 10.6 Å². The van der Waals surface area contributed by atoms with E-state index in [1.54, 1.807) is 6.07 Å². The Hall–Kier alpha value is -3.33. The average Bonchev–Trinajstić information content (AvgIpc) is 3.15. The Morgan fingerprint density at radius 3 is 2.45 bits per heavy atom. The van der Waals surface area contributed by atoms with Crippen molar-refractivity contribution in [1.82, 2.24) is 15.5 Å². The highest BCUT2D eigenvalue weighted by atomic mass is 32.1. The van der Waals surface area contributed by atoms with E-state index < -0.39 is 23.8 Å². The Bertz CT molecular complexity index is 993. The van der Waals surface area contributed by atoms with Crippen molar-refractivity contribution in [3.05, 3.63) is 60.4 Å². The number of hydrogen-bond acceptors (Lipinski definition) is 5. The van der Waals surface area contributed by atoms with Crippen LogP contribution in [0, 0.1) is 11.7 Å². The second-order valence-corrected chi connectivity index (χ2v) is 7.58. The lowest BCUT2D eigenvalue weighted by atomic mass is 10.0. The fourth-order valence-electron chi connectivity index (χ4n) is 2.56. The summed E-state index contributed by atoms with van der Waals surface area (Å²) in [4.78, 5) is 24.9. The van der Waals surface area contributed by atoms with Crippen molar-refractivity contribution in [2.45, 2.75) is 19.9 Å². The van der Waals surface area contributed by atoms with Crippen LogP contribution in [-0.2, 0) is 4.79 Å². The molecule has 0 saturated carbocycles. The van der Waals surface area contributed by atoms with Crippen molar-refractivity contribution in [2.75, 3.05) is 10.6 Å². The first-order valence-electron chi connectivity index (χ1n) is 8.95. The maximum absolute atomic E-state index is 13.3. The summed E-state index contributed by atoms with van der Waals surface area (Å²) in [6.07, 6.45) is 0. The standard InChI is InChI=1S/C20H20FN5O2S/c1-12(2)16(23-19(28)22-15-10-6-9-14(21)11-15)17(27)24-20-26-25-18(29-20)13-7-4-3-5-8-13/h3-12,16H,1-2H3,(H2,22,23,28)(H,24,26,27). The number of amides is 3. The van der Waals surface area contributed by atoms with Crippen molar-refractivity contribution in [3.63, 3.8) is 0 Å². The summed E-state index contributed by atoms with van der Waals surface area (Å²) in [6.45, 7) is 3.62. The van der Waals surface area contributed by atoms with Gasteiger partial charge in [-0.1, -0.05) is 61.6 Å². The minimum atomic E-state index is -0.812. The Kier molecular flexibility index (Phi) is 6.50. The number of nitrogens with one attached hydrogen (secondary N) is 3. The number of nitrogens with zero attached hydrogens (tertiary/aromatic N) is 2. The van der Waals surface area contributed by atoms with Crippen LogP contribution in [0.3, 0.4) is 0 Å². The molecule has 1 aromatic heterocycles. The van der Waals surface area contributed by atoms with E-state index in [2.05, 4.69) is 26.1 Å². The van der Waals surface area contributed by atoms with Crippen molar-refractivity contribution >= 4 is 34.1 Å². The molecule has 3 amide bonds. The summed E-state index contributed by atoms with van der Waals surface area (Å²) in [7, 11) is 0. The van der Waals surface area contributed by atoms with Gasteiger partial charge in [0.25, 0.3) is 0 Å². The summed E-state index contributed by atoms with van der Waals surface area (Å²) in [5, 5.41) is 16.9. The molecule has 0 aliphatic rings. The van der Waals surface area contributed by atoms with E-state index in [0.29, 0.717) is 15.8 Å². The molecule has 0 spiro atoms. The third-order valence-electron chi connectivity index (χ3n) is 3.99. The van der Waals surface area contributed by atoms with Crippen molar-refractivity contribution < 1.29 is 14.0 Å². The Morgan fingerprint density at radius 2 is 1.76 bits per heavy atom. The molecule has 3 aromatic rings. The number of urea groups is 1. The van der Waals surface area contributed by atoms with Gasteiger partial charge in [-0.2, -0.15) is 0 Å². The summed E-state index contributed by atoms with van der Waals surface area (Å²) < 4.78 is 13.3. The monoisotopic (exact) mass is 413 g/mol. The molecule has 1 heterocycles. The quantitative estimate of drug-likeness (QED) is 0.566. The number of anilines is 2. The third kappa shape index (κ3) is 5.58. The van der Waals surface area contributed by atoms with E-state index in [1.165, 1.54) is 29.5 Å². The molecule has 7 nitrogen and oxygen atoms in total. The van der Waals surface area contributed by atoms with Crippen LogP contribution in [0.15, 0.2) is 54.6 Å². The van der Waals surface area contributed by atoms with E-state index >= 15 is 0 Å². The zero-order valence-electron chi connectivity index (χ0n) is 15.8. The summed E-state index contributed by atoms with van der Waals surface area (Å²) in [5.41, 5.74) is 1.19. The van der Waals surface area contributed by atoms with Gasteiger partial charge in [0.05, 0.1) is 0 Å². The number of carbonyl (C=O) groups excluding carboxylic acids is 2. The van der Waals surface area contributed by atoms with Crippen LogP contribution in [0.2, 0.25) is 0 Å². The lowest BCUT2D eigenvalue weighted by Crippen LogP contribution is -2.48. The van der Waals surface area contributed by atoms with Crippen LogP contribution in [0.1, 0.15) is 13.8 Å². The second-order valence-electron chi connectivity index (χ2n) is 6.60. The molecule has 3 N–H and O–H groups in total. The predicted molar refractivity (Wildman–Crippen MR) is 111 cm³/mol. The van der Waals surface area contributed by atoms with Gasteiger partial charge in [-0.3, -0.25) is 10.1 Å². The number of aromatic nitrogens is 2. The first kappa shape index (κ1) is 20.4. The van der Waals surface area contributed by atoms with E-state index in [9.17, 15) is 14.0 Å². The molecule has 2 aromatic carbocycles. The van der Waals surface area contributed by atoms with Crippen molar-refractivity contribution in [2.24, 2.45) is 5.92 Å². The molecule has 0 aliphatic heterocycles. The third-order valence-corrected chi connectivity index (χ3v) is 4.88. The number of rotatable bonds is 6. The maximum Gasteiger partial charge on any atom is 0.319 e. The lowest BCUT2D eigenvalue weighted by Gasteiger charge is -2.21. The van der Waals surface area contributed by atoms with Crippen LogP contribution in [0.4, 0.5) is 20.0 Å². The number of hydrogen-bond donors (Lipinski definition) is 3. The molecule has 29 heavy (non-hydrogen) atoms. The lowest BCUT2D eigenvalue weighted by molar-refractivity contribution is -0.118. The highest BCUT2D eigenvalue weighted by Crippen LogP contribution is 2.26. The Balaban J connectivity index is 1.64. The van der Waals surface area contributed by atoms with Crippen LogP contribution in [0.5, 0.6) is 0 Å². The molecule has 1 unspecified atom stereocenters. The van der Waals surface area contributed by atoms with Gasteiger partial charge in [0.2, 0.25) is 11.0 Å². The molecule has 0 bridgehead atoms. The molecule has 0 fully saturated rings. The van der Waals surface area contributed by atoms with Gasteiger partial charge >= 0.3 is 6.03 Å². The number of halogens is 1. The van der Waals surface area contributed by atoms with Gasteiger partial charge in [-0.15, -0.1) is 10.2 Å². The normalized spacial score (nSPS) is 11.7. The van der Waals surface area contributed by atoms with E-state index in [-0.39, 0.29) is 5.92 Å². The van der Waals surface area contributed by atoms with Gasteiger partial charge in [-0.05, 0) is 24.1 Å². The van der Waals surface area contributed by atoms with Crippen LogP contribution in [-0.4, -0.2) is 28.2 Å². The molecular formula is C20H20FN5O2S. The van der Waals surface area contributed by atoms with E-state index in [0.717, 1.165) is 5.56 Å². The minimum absolute atomic E-state index is 0.185. The summed E-state index contributed by atoms with van der Waals surface area (Å²) >= 11 is 1.24. The topological polar surface area (TPSA) is 96.0 Å². The first-order chi connectivity index (χ1) is 13.9.